The second-order valence-electron chi connectivity index (χ2n) is 4.42. The Kier molecular flexibility index (Phi) is 3.06. The highest BCUT2D eigenvalue weighted by atomic mass is 16.2. The Balaban J connectivity index is 2.06. The van der Waals surface area contributed by atoms with Gasteiger partial charge in [0.1, 0.15) is 5.54 Å². The van der Waals surface area contributed by atoms with Crippen LogP contribution < -0.4 is 16.6 Å². The van der Waals surface area contributed by atoms with Crippen molar-refractivity contribution in [2.24, 2.45) is 0 Å². The van der Waals surface area contributed by atoms with Gasteiger partial charge in [-0.3, -0.25) is 14.6 Å². The molecule has 2 rings (SSSR count). The Morgan fingerprint density at radius 1 is 1.44 bits per heavy atom. The van der Waals surface area contributed by atoms with E-state index in [0.29, 0.717) is 0 Å². The van der Waals surface area contributed by atoms with Crippen LogP contribution >= 0.6 is 0 Å². The van der Waals surface area contributed by atoms with Gasteiger partial charge in [-0.25, -0.2) is 4.79 Å². The molecule has 94 valence electrons. The zero-order valence-electron chi connectivity index (χ0n) is 9.71. The fourth-order valence-corrected chi connectivity index (χ4v) is 1.93. The van der Waals surface area contributed by atoms with Crippen molar-refractivity contribution in [1.82, 2.24) is 15.3 Å². The molecule has 1 saturated carbocycles. The van der Waals surface area contributed by atoms with Crippen LogP contribution in [0.15, 0.2) is 15.7 Å². The zero-order valence-corrected chi connectivity index (χ0v) is 9.71. The van der Waals surface area contributed by atoms with E-state index in [9.17, 15) is 14.4 Å². The van der Waals surface area contributed by atoms with Crippen LogP contribution in [0.2, 0.25) is 0 Å². The predicted molar refractivity (Wildman–Crippen MR) is 64.9 cm³/mol. The van der Waals surface area contributed by atoms with E-state index in [4.69, 9.17) is 6.42 Å². The summed E-state index contributed by atoms with van der Waals surface area (Å²) < 4.78 is 0. The smallest absolute Gasteiger partial charge is 0.325 e. The highest BCUT2D eigenvalue weighted by Gasteiger charge is 2.36. The molecule has 0 unspecified atom stereocenters. The third-order valence-electron chi connectivity index (χ3n) is 3.03. The molecule has 1 aromatic rings. The molecule has 0 saturated heterocycles. The first-order chi connectivity index (χ1) is 8.53. The molecule has 0 radical (unpaired) electrons. The second kappa shape index (κ2) is 4.53. The lowest BCUT2D eigenvalue weighted by Crippen LogP contribution is -2.52. The molecule has 1 amide bonds. The molecule has 1 aromatic heterocycles. The molecule has 1 aliphatic carbocycles. The van der Waals surface area contributed by atoms with Crippen LogP contribution in [-0.4, -0.2) is 21.4 Å². The van der Waals surface area contributed by atoms with Crippen LogP contribution in [0.5, 0.6) is 0 Å². The largest absolute Gasteiger partial charge is 0.339 e. The average molecular weight is 247 g/mol. The maximum atomic E-state index is 11.8. The van der Waals surface area contributed by atoms with Gasteiger partial charge in [-0.15, -0.1) is 6.42 Å². The maximum absolute atomic E-state index is 11.8. The van der Waals surface area contributed by atoms with Crippen molar-refractivity contribution in [2.75, 3.05) is 0 Å². The summed E-state index contributed by atoms with van der Waals surface area (Å²) in [7, 11) is 0. The van der Waals surface area contributed by atoms with Crippen molar-refractivity contribution in [2.45, 2.75) is 31.2 Å². The fraction of sp³-hybridized carbons (Fsp3) is 0.417. The Morgan fingerprint density at radius 2 is 2.17 bits per heavy atom. The lowest BCUT2D eigenvalue weighted by atomic mass is 9.77. The maximum Gasteiger partial charge on any atom is 0.325 e. The minimum absolute atomic E-state index is 0.0669. The van der Waals surface area contributed by atoms with Gasteiger partial charge in [-0.05, 0) is 19.3 Å². The van der Waals surface area contributed by atoms with E-state index >= 15 is 0 Å². The minimum Gasteiger partial charge on any atom is -0.339 e. The lowest BCUT2D eigenvalue weighted by molar-refractivity contribution is -0.122. The summed E-state index contributed by atoms with van der Waals surface area (Å²) in [5.74, 6) is 2.29. The average Bonchev–Trinajstić information content (AvgIpc) is 2.21. The molecule has 1 heterocycles. The summed E-state index contributed by atoms with van der Waals surface area (Å²) in [4.78, 5) is 38.3. The zero-order chi connectivity index (χ0) is 13.2. The van der Waals surface area contributed by atoms with Crippen LogP contribution in [0, 0.1) is 12.3 Å². The molecule has 0 bridgehead atoms. The molecule has 0 aromatic carbocycles. The Labute approximate surface area is 103 Å². The summed E-state index contributed by atoms with van der Waals surface area (Å²) in [6.07, 6.45) is 7.84. The molecule has 0 aliphatic heterocycles. The first-order valence-electron chi connectivity index (χ1n) is 5.64. The number of aromatic amines is 2. The topological polar surface area (TPSA) is 94.8 Å². The molecule has 1 aliphatic rings. The summed E-state index contributed by atoms with van der Waals surface area (Å²) in [6.45, 7) is 0. The first kappa shape index (κ1) is 12.2. The van der Waals surface area contributed by atoms with Gasteiger partial charge >= 0.3 is 5.69 Å². The fourth-order valence-electron chi connectivity index (χ4n) is 1.93. The van der Waals surface area contributed by atoms with Gasteiger partial charge in [0.05, 0.1) is 6.42 Å². The second-order valence-corrected chi connectivity index (χ2v) is 4.42. The number of carbonyl (C=O) groups is 1. The number of carbonyl (C=O) groups excluding carboxylic acids is 1. The third-order valence-corrected chi connectivity index (χ3v) is 3.03. The molecule has 6 heteroatoms. The summed E-state index contributed by atoms with van der Waals surface area (Å²) >= 11 is 0. The van der Waals surface area contributed by atoms with E-state index in [0.717, 1.165) is 19.3 Å². The molecule has 3 N–H and O–H groups in total. The van der Waals surface area contributed by atoms with Crippen molar-refractivity contribution in [3.05, 3.63) is 32.6 Å². The van der Waals surface area contributed by atoms with E-state index in [-0.39, 0.29) is 18.0 Å². The van der Waals surface area contributed by atoms with Crippen LogP contribution in [0.25, 0.3) is 0 Å². The van der Waals surface area contributed by atoms with E-state index in [1.807, 2.05) is 4.98 Å². The molecule has 1 fully saturated rings. The van der Waals surface area contributed by atoms with Crippen LogP contribution in [-0.2, 0) is 11.2 Å². The molecule has 6 nitrogen and oxygen atoms in total. The number of nitrogens with one attached hydrogen (secondary N) is 3. The van der Waals surface area contributed by atoms with E-state index in [1.54, 1.807) is 0 Å². The molecule has 18 heavy (non-hydrogen) atoms. The number of hydrogen-bond acceptors (Lipinski definition) is 3. The van der Waals surface area contributed by atoms with Gasteiger partial charge in [-0.2, -0.15) is 0 Å². The highest BCUT2D eigenvalue weighted by Crippen LogP contribution is 2.30. The van der Waals surface area contributed by atoms with Crippen molar-refractivity contribution in [1.29, 1.82) is 0 Å². The van der Waals surface area contributed by atoms with Gasteiger partial charge in [0.2, 0.25) is 5.91 Å². The van der Waals surface area contributed by atoms with E-state index in [2.05, 4.69) is 16.2 Å². The van der Waals surface area contributed by atoms with Gasteiger partial charge in [0, 0.05) is 11.8 Å². The number of amides is 1. The number of H-pyrrole nitrogens is 2. The van der Waals surface area contributed by atoms with Gasteiger partial charge < -0.3 is 10.3 Å². The third kappa shape index (κ3) is 2.51. The van der Waals surface area contributed by atoms with E-state index in [1.165, 1.54) is 6.07 Å². The van der Waals surface area contributed by atoms with Gasteiger partial charge in [-0.1, -0.05) is 5.92 Å². The van der Waals surface area contributed by atoms with Gasteiger partial charge in [0.25, 0.3) is 5.56 Å². The highest BCUT2D eigenvalue weighted by molar-refractivity contribution is 5.79. The summed E-state index contributed by atoms with van der Waals surface area (Å²) in [5, 5.41) is 2.76. The molecule has 0 spiro atoms. The standard InChI is InChI=1S/C12H13N3O3/c1-2-12(4-3-5-12)15-10(17)7-8-6-9(16)14-11(18)13-8/h1,6H,3-5,7H2,(H,15,17)(H2,13,14,16,18). The number of aromatic nitrogens is 2. The Morgan fingerprint density at radius 3 is 2.67 bits per heavy atom. The van der Waals surface area contributed by atoms with E-state index < -0.39 is 16.8 Å². The monoisotopic (exact) mass is 247 g/mol. The molecular formula is C12H13N3O3. The van der Waals surface area contributed by atoms with Crippen molar-refractivity contribution < 1.29 is 4.79 Å². The van der Waals surface area contributed by atoms with Crippen molar-refractivity contribution in [3.8, 4) is 12.3 Å². The quantitative estimate of drug-likeness (QED) is 0.615. The van der Waals surface area contributed by atoms with Crippen LogP contribution in [0.4, 0.5) is 0 Å². The summed E-state index contributed by atoms with van der Waals surface area (Å²) in [5.41, 5.74) is -1.43. The number of terminal acetylenes is 1. The van der Waals surface area contributed by atoms with Crippen molar-refractivity contribution >= 4 is 5.91 Å². The van der Waals surface area contributed by atoms with Crippen molar-refractivity contribution in [3.63, 3.8) is 0 Å². The molecular weight excluding hydrogens is 234 g/mol. The minimum atomic E-state index is -0.624. The number of hydrogen-bond donors (Lipinski definition) is 3. The predicted octanol–water partition coefficient (Wildman–Crippen LogP) is -0.722. The molecule has 0 atom stereocenters. The number of rotatable bonds is 3. The van der Waals surface area contributed by atoms with Gasteiger partial charge in [0.15, 0.2) is 0 Å². The SMILES string of the molecule is C#CC1(NC(=O)Cc2cc(=O)[nH]c(=O)[nH]2)CCC1. The van der Waals surface area contributed by atoms with Crippen LogP contribution in [0.1, 0.15) is 25.0 Å². The lowest BCUT2D eigenvalue weighted by Gasteiger charge is -2.37. The Bertz CT molecular complexity index is 588. The van der Waals surface area contributed by atoms with Crippen LogP contribution in [0.3, 0.4) is 0 Å². The Hall–Kier alpha value is -2.29. The first-order valence-corrected chi connectivity index (χ1v) is 5.64. The normalized spacial score (nSPS) is 16.4. The summed E-state index contributed by atoms with van der Waals surface area (Å²) in [6, 6.07) is 1.18.